The third-order valence-corrected chi connectivity index (χ3v) is 18.4. The number of likely N-dealkylation sites (tertiary alicyclic amines) is 1. The number of anilines is 4. The van der Waals surface area contributed by atoms with Gasteiger partial charge in [-0.05, 0) is 167 Å². The zero-order valence-electron chi connectivity index (χ0n) is 43.4. The van der Waals surface area contributed by atoms with E-state index in [2.05, 4.69) is 84.8 Å². The predicted octanol–water partition coefficient (Wildman–Crippen LogP) is 12.1. The van der Waals surface area contributed by atoms with Crippen molar-refractivity contribution in [3.8, 4) is 22.4 Å². The highest BCUT2D eigenvalue weighted by molar-refractivity contribution is 7.99. The van der Waals surface area contributed by atoms with Crippen molar-refractivity contribution in [2.45, 2.75) is 101 Å². The Hall–Kier alpha value is -5.77. The summed E-state index contributed by atoms with van der Waals surface area (Å²) in [6, 6.07) is 39.7. The number of piperidine rings is 1. The normalized spacial score (nSPS) is 18.2. The van der Waals surface area contributed by atoms with E-state index in [1.165, 1.54) is 4.90 Å². The van der Waals surface area contributed by atoms with Gasteiger partial charge < -0.3 is 34.8 Å². The number of carboxylic acids is 1. The number of aromatic nitrogens is 1. The van der Waals surface area contributed by atoms with Gasteiger partial charge in [-0.15, -0.1) is 11.8 Å². The lowest BCUT2D eigenvalue weighted by molar-refractivity contribution is -0.143. The van der Waals surface area contributed by atoms with E-state index < -0.39 is 16.0 Å². The van der Waals surface area contributed by atoms with Crippen LogP contribution in [0, 0.1) is 25.7 Å². The molecule has 0 spiro atoms. The van der Waals surface area contributed by atoms with Crippen molar-refractivity contribution < 1.29 is 28.2 Å². The van der Waals surface area contributed by atoms with Crippen molar-refractivity contribution >= 4 is 67.9 Å². The number of ketones is 1. The number of nitrogens with zero attached hydrogens (tertiary/aromatic N) is 4. The van der Waals surface area contributed by atoms with Gasteiger partial charge in [-0.1, -0.05) is 54.1 Å². The van der Waals surface area contributed by atoms with Gasteiger partial charge in [-0.2, -0.15) is 0 Å². The van der Waals surface area contributed by atoms with Crippen LogP contribution in [0.3, 0.4) is 0 Å². The summed E-state index contributed by atoms with van der Waals surface area (Å²) in [6.45, 7) is 12.6. The Morgan fingerprint density at radius 2 is 1.44 bits per heavy atom. The summed E-state index contributed by atoms with van der Waals surface area (Å²) < 4.78 is 32.7. The maximum atomic E-state index is 14.6. The molecule has 0 bridgehead atoms. The van der Waals surface area contributed by atoms with Gasteiger partial charge in [-0.25, -0.2) is 8.42 Å². The summed E-state index contributed by atoms with van der Waals surface area (Å²) in [5, 5.41) is 24.0. The summed E-state index contributed by atoms with van der Waals surface area (Å²) >= 11 is 8.20. The summed E-state index contributed by atoms with van der Waals surface area (Å²) in [4.78, 5) is 34.8. The number of hydrogen-bond donors (Lipinski definition) is 4. The number of hydrogen-bond acceptors (Lipinski definition) is 10. The fourth-order valence-electron chi connectivity index (χ4n) is 11.3. The molecule has 3 aliphatic rings. The van der Waals surface area contributed by atoms with Gasteiger partial charge in [0.15, 0.2) is 5.78 Å². The Balaban J connectivity index is 0.848. The number of nitrogens with one attached hydrogen (secondary N) is 2. The third kappa shape index (κ3) is 13.3. The number of aliphatic hydroxyl groups is 1. The molecule has 1 saturated carbocycles. The number of thioether (sulfide) groups is 1. The van der Waals surface area contributed by atoms with E-state index >= 15 is 0 Å². The van der Waals surface area contributed by atoms with Crippen molar-refractivity contribution in [2.24, 2.45) is 11.8 Å². The molecule has 4 N–H and O–H groups in total. The molecule has 0 amide bonds. The van der Waals surface area contributed by atoms with Crippen LogP contribution in [-0.2, 0) is 21.4 Å². The first-order chi connectivity index (χ1) is 36.2. The van der Waals surface area contributed by atoms with E-state index in [0.29, 0.717) is 36.5 Å². The minimum Gasteiger partial charge on any atom is -0.481 e. The van der Waals surface area contributed by atoms with Gasteiger partial charge in [0.1, 0.15) is 0 Å². The molecule has 0 unspecified atom stereocenters. The van der Waals surface area contributed by atoms with Crippen LogP contribution in [0.2, 0.25) is 5.02 Å². The molecular weight excluding hydrogens is 1000 g/mol. The van der Waals surface area contributed by atoms with Gasteiger partial charge in [0, 0.05) is 120 Å². The molecule has 3 heterocycles. The minimum atomic E-state index is -3.87. The second-order valence-corrected chi connectivity index (χ2v) is 23.8. The van der Waals surface area contributed by atoms with Crippen molar-refractivity contribution in [3.63, 3.8) is 0 Å². The number of benzene rings is 5. The number of aliphatic hydroxyl groups excluding tert-OH is 1. The van der Waals surface area contributed by atoms with Crippen LogP contribution in [0.1, 0.15) is 79.9 Å². The molecule has 6 aromatic rings. The highest BCUT2D eigenvalue weighted by atomic mass is 35.5. The molecule has 15 heteroatoms. The first-order valence-corrected chi connectivity index (χ1v) is 29.5. The number of Topliss-reactive ketones (excluding diaryl/α,β-unsaturated/α-hetero) is 1. The zero-order chi connectivity index (χ0) is 52.6. The van der Waals surface area contributed by atoms with Crippen LogP contribution in [0.5, 0.6) is 0 Å². The van der Waals surface area contributed by atoms with Crippen molar-refractivity contribution in [2.75, 3.05) is 71.4 Å². The summed E-state index contributed by atoms with van der Waals surface area (Å²) in [7, 11) is -3.87. The van der Waals surface area contributed by atoms with Crippen LogP contribution in [0.25, 0.3) is 22.4 Å². The van der Waals surface area contributed by atoms with E-state index in [4.69, 9.17) is 11.6 Å². The lowest BCUT2D eigenvalue weighted by Gasteiger charge is -2.37. The lowest BCUT2D eigenvalue weighted by atomic mass is 9.79. The van der Waals surface area contributed by atoms with Crippen molar-refractivity contribution in [3.05, 3.63) is 143 Å². The Bertz CT molecular complexity index is 3020. The molecule has 12 nitrogen and oxygen atoms in total. The van der Waals surface area contributed by atoms with E-state index in [1.54, 1.807) is 12.1 Å². The lowest BCUT2D eigenvalue weighted by Crippen LogP contribution is -2.46. The average Bonchev–Trinajstić information content (AvgIpc) is 3.76. The predicted molar refractivity (Wildman–Crippen MR) is 306 cm³/mol. The molecule has 1 aliphatic carbocycles. The number of aliphatic carboxylic acids is 1. The molecule has 2 aliphatic heterocycles. The number of aryl methyl sites for hydroxylation is 1. The molecule has 5 aromatic carbocycles. The Kier molecular flexibility index (Phi) is 17.6. The van der Waals surface area contributed by atoms with Crippen LogP contribution in [0.15, 0.2) is 131 Å². The first kappa shape index (κ1) is 54.0. The molecule has 75 heavy (non-hydrogen) atoms. The fraction of sp³-hybridized carbons (Fsp3) is 0.400. The zero-order valence-corrected chi connectivity index (χ0v) is 45.8. The monoisotopic (exact) mass is 1070 g/mol. The summed E-state index contributed by atoms with van der Waals surface area (Å²) in [5.41, 5.74) is 9.86. The van der Waals surface area contributed by atoms with E-state index in [1.807, 2.05) is 86.3 Å². The molecule has 0 radical (unpaired) electrons. The molecule has 3 fully saturated rings. The highest BCUT2D eigenvalue weighted by Crippen LogP contribution is 2.43. The smallest absolute Gasteiger partial charge is 0.306 e. The number of carbonyl (C=O) groups excluding carboxylic acids is 1. The SMILES string of the molecule is CCn1c(C)c(C(=O)CC2CCC(C(=O)O)CC2)c(-c2cccc(N3CCN(c4ccc(NS(=O)(=O)c5ccc(N[C@H](CCN6CCC(O)CC6)CSc6ccccc6)c(C)c5)cc4)CC3)c2)c1-c1ccc(Cl)cc1. The van der Waals surface area contributed by atoms with Crippen LogP contribution < -0.4 is 19.8 Å². The van der Waals surface area contributed by atoms with Gasteiger partial charge in [0.05, 0.1) is 22.6 Å². The number of piperazine rings is 1. The minimum absolute atomic E-state index is 0.0970. The largest absolute Gasteiger partial charge is 0.481 e. The molecule has 1 atom stereocenters. The Morgan fingerprint density at radius 1 is 0.760 bits per heavy atom. The molecule has 1 aromatic heterocycles. The van der Waals surface area contributed by atoms with Crippen LogP contribution in [-0.4, -0.2) is 104 Å². The maximum absolute atomic E-state index is 14.6. The average molecular weight is 1070 g/mol. The first-order valence-electron chi connectivity index (χ1n) is 26.7. The second kappa shape index (κ2) is 24.5. The summed E-state index contributed by atoms with van der Waals surface area (Å²) in [5.74, 6) is 0.0298. The molecule has 2 saturated heterocycles. The van der Waals surface area contributed by atoms with Gasteiger partial charge in [0.2, 0.25) is 0 Å². The van der Waals surface area contributed by atoms with Crippen LogP contribution >= 0.6 is 23.4 Å². The molecular formula is C60H71ClN6O6S2. The number of carboxylic acid groups (broad SMARTS) is 1. The Morgan fingerprint density at radius 3 is 2.09 bits per heavy atom. The van der Waals surface area contributed by atoms with Crippen molar-refractivity contribution in [1.29, 1.82) is 0 Å². The van der Waals surface area contributed by atoms with Gasteiger partial charge in [0.25, 0.3) is 10.0 Å². The van der Waals surface area contributed by atoms with Gasteiger partial charge in [-0.3, -0.25) is 14.3 Å². The van der Waals surface area contributed by atoms with E-state index in [9.17, 15) is 28.2 Å². The van der Waals surface area contributed by atoms with E-state index in [-0.39, 0.29) is 34.7 Å². The third-order valence-electron chi connectivity index (χ3n) is 15.6. The van der Waals surface area contributed by atoms with E-state index in [0.717, 1.165) is 140 Å². The number of halogens is 1. The Labute approximate surface area is 452 Å². The van der Waals surface area contributed by atoms with Gasteiger partial charge >= 0.3 is 5.97 Å². The number of rotatable bonds is 20. The van der Waals surface area contributed by atoms with Crippen molar-refractivity contribution in [1.82, 2.24) is 9.47 Å². The fourth-order valence-corrected chi connectivity index (χ4v) is 13.5. The number of carbonyl (C=O) groups is 2. The topological polar surface area (TPSA) is 147 Å². The quantitative estimate of drug-likeness (QED) is 0.0428. The van der Waals surface area contributed by atoms with Crippen LogP contribution in [0.4, 0.5) is 22.7 Å². The maximum Gasteiger partial charge on any atom is 0.306 e. The standard InChI is InChI=1S/C60H71ClN6O6S2/c1-4-67-42(3)57(56(69)38-43-13-15-45(16-14-43)60(70)71)58(59(67)44-17-19-47(61)20-18-44)46-9-8-10-51(39-46)66-35-33-65(34-36-66)50-23-21-48(22-24-50)63-75(72,73)54-25-26-55(41(2)37-54)62-49(40-74-53-11-6-5-7-12-53)27-30-64-31-28-52(68)29-32-64/h5-12,17-26,37,39,43,45,49,52,62-63,68H,4,13-16,27-36,38,40H2,1-3H3,(H,70,71)/t43?,45?,49-/m1/s1. The summed E-state index contributed by atoms with van der Waals surface area (Å²) in [6.07, 6.45) is 5.40. The molecule has 9 rings (SSSR count). The number of sulfonamides is 1. The molecule has 396 valence electrons. The highest BCUT2D eigenvalue weighted by Gasteiger charge is 2.32. The second-order valence-electron chi connectivity index (χ2n) is 20.6.